The number of hydrogen-bond acceptors (Lipinski definition) is 5. The number of tetrazole rings is 1. The summed E-state index contributed by atoms with van der Waals surface area (Å²) in [6, 6.07) is 12.1. The van der Waals surface area contributed by atoms with Crippen LogP contribution >= 0.6 is 11.6 Å². The summed E-state index contributed by atoms with van der Waals surface area (Å²) in [4.78, 5) is 12.9. The molecule has 9 heteroatoms. The maximum absolute atomic E-state index is 11.7. The summed E-state index contributed by atoms with van der Waals surface area (Å²) in [6.45, 7) is 0.147. The first-order valence-electron chi connectivity index (χ1n) is 7.25. The lowest BCUT2D eigenvalue weighted by Gasteiger charge is -2.20. The van der Waals surface area contributed by atoms with Crippen molar-refractivity contribution in [1.82, 2.24) is 20.2 Å². The first-order valence-corrected chi connectivity index (χ1v) is 7.62. The molecular formula is C16H14ClN5O3. The molecule has 0 aliphatic rings. The number of anilines is 1. The number of nitrogens with zero attached hydrogens (tertiary/aromatic N) is 5. The molecule has 0 atom stereocenters. The van der Waals surface area contributed by atoms with Gasteiger partial charge in [0, 0.05) is 5.69 Å². The molecule has 1 aromatic heterocycles. The number of methoxy groups -OCH3 is 1. The van der Waals surface area contributed by atoms with Crippen LogP contribution in [0.3, 0.4) is 0 Å². The van der Waals surface area contributed by atoms with Gasteiger partial charge in [0.1, 0.15) is 12.1 Å². The number of benzene rings is 2. The normalized spacial score (nSPS) is 10.5. The Hall–Kier alpha value is -3.13. The fraction of sp³-hybridized carbons (Fsp3) is 0.125. The van der Waals surface area contributed by atoms with Crippen molar-refractivity contribution in [3.05, 3.63) is 59.4 Å². The van der Waals surface area contributed by atoms with Gasteiger partial charge in [-0.3, -0.25) is 4.90 Å². The number of carboxylic acid groups (broad SMARTS) is 1. The van der Waals surface area contributed by atoms with Gasteiger partial charge >= 0.3 is 6.09 Å². The van der Waals surface area contributed by atoms with Gasteiger partial charge in [-0.25, -0.2) is 9.48 Å². The Morgan fingerprint density at radius 2 is 2.16 bits per heavy atom. The molecule has 1 N–H and O–H groups in total. The van der Waals surface area contributed by atoms with Crippen LogP contribution < -0.4 is 9.64 Å². The third kappa shape index (κ3) is 3.69. The molecule has 1 amide bonds. The van der Waals surface area contributed by atoms with Crippen molar-refractivity contribution < 1.29 is 14.6 Å². The average molecular weight is 360 g/mol. The topological polar surface area (TPSA) is 93.4 Å². The van der Waals surface area contributed by atoms with Crippen molar-refractivity contribution in [3.63, 3.8) is 0 Å². The van der Waals surface area contributed by atoms with Crippen LogP contribution in [0.5, 0.6) is 5.75 Å². The molecule has 128 valence electrons. The van der Waals surface area contributed by atoms with Crippen LogP contribution in [0.4, 0.5) is 10.5 Å². The fourth-order valence-electron chi connectivity index (χ4n) is 2.35. The van der Waals surface area contributed by atoms with Crippen molar-refractivity contribution in [1.29, 1.82) is 0 Å². The molecule has 25 heavy (non-hydrogen) atoms. The smallest absolute Gasteiger partial charge is 0.412 e. The lowest BCUT2D eigenvalue weighted by molar-refractivity contribution is 0.201. The maximum Gasteiger partial charge on any atom is 0.412 e. The Morgan fingerprint density at radius 1 is 1.32 bits per heavy atom. The van der Waals surface area contributed by atoms with Crippen LogP contribution in [0, 0.1) is 0 Å². The summed E-state index contributed by atoms with van der Waals surface area (Å²) in [7, 11) is 1.50. The summed E-state index contributed by atoms with van der Waals surface area (Å²) >= 11 is 6.10. The SMILES string of the molecule is COc1ccc(N(Cc2cccc(-n3cnnn3)c2)C(=O)O)cc1Cl. The van der Waals surface area contributed by atoms with Gasteiger partial charge in [0.2, 0.25) is 0 Å². The number of aromatic nitrogens is 4. The molecule has 0 aliphatic carbocycles. The molecule has 0 saturated heterocycles. The molecule has 3 rings (SSSR count). The fourth-order valence-corrected chi connectivity index (χ4v) is 2.60. The van der Waals surface area contributed by atoms with Gasteiger partial charge in [-0.05, 0) is 46.3 Å². The van der Waals surface area contributed by atoms with E-state index in [4.69, 9.17) is 16.3 Å². The Kier molecular flexibility index (Phi) is 4.80. The number of hydrogen-bond donors (Lipinski definition) is 1. The Morgan fingerprint density at radius 3 is 2.80 bits per heavy atom. The lowest BCUT2D eigenvalue weighted by atomic mass is 10.1. The van der Waals surface area contributed by atoms with Crippen molar-refractivity contribution in [2.75, 3.05) is 12.0 Å². The zero-order valence-corrected chi connectivity index (χ0v) is 14.0. The van der Waals surface area contributed by atoms with Gasteiger partial charge in [0.15, 0.2) is 0 Å². The summed E-state index contributed by atoms with van der Waals surface area (Å²) in [5.74, 6) is 0.483. The van der Waals surface area contributed by atoms with Gasteiger partial charge in [-0.2, -0.15) is 0 Å². The van der Waals surface area contributed by atoms with Gasteiger partial charge in [0.25, 0.3) is 0 Å². The lowest BCUT2D eigenvalue weighted by Crippen LogP contribution is -2.28. The van der Waals surface area contributed by atoms with E-state index in [2.05, 4.69) is 15.5 Å². The molecule has 0 spiro atoms. The molecule has 0 saturated carbocycles. The molecule has 8 nitrogen and oxygen atoms in total. The summed E-state index contributed by atoms with van der Waals surface area (Å²) in [5, 5.41) is 20.9. The summed E-state index contributed by atoms with van der Waals surface area (Å²) in [6.07, 6.45) is 0.381. The number of amides is 1. The second-order valence-corrected chi connectivity index (χ2v) is 5.52. The average Bonchev–Trinajstić information content (AvgIpc) is 3.14. The predicted octanol–water partition coefficient (Wildman–Crippen LogP) is 3.01. The van der Waals surface area contributed by atoms with Crippen molar-refractivity contribution in [2.45, 2.75) is 6.54 Å². The van der Waals surface area contributed by atoms with Gasteiger partial charge < -0.3 is 9.84 Å². The highest BCUT2D eigenvalue weighted by atomic mass is 35.5. The number of carbonyl (C=O) groups is 1. The quantitative estimate of drug-likeness (QED) is 0.752. The van der Waals surface area contributed by atoms with E-state index >= 15 is 0 Å². The van der Waals surface area contributed by atoms with Gasteiger partial charge in [0.05, 0.1) is 24.4 Å². The highest BCUT2D eigenvalue weighted by molar-refractivity contribution is 6.32. The number of ether oxygens (including phenoxy) is 1. The summed E-state index contributed by atoms with van der Waals surface area (Å²) < 4.78 is 6.59. The molecule has 3 aromatic rings. The molecule has 0 radical (unpaired) electrons. The largest absolute Gasteiger partial charge is 0.495 e. The Labute approximate surface area is 148 Å². The van der Waals surface area contributed by atoms with E-state index in [0.717, 1.165) is 11.3 Å². The van der Waals surface area contributed by atoms with Crippen LogP contribution in [0.15, 0.2) is 48.8 Å². The van der Waals surface area contributed by atoms with Crippen molar-refractivity contribution >= 4 is 23.4 Å². The van der Waals surface area contributed by atoms with E-state index < -0.39 is 6.09 Å². The van der Waals surface area contributed by atoms with Crippen LogP contribution in [0.1, 0.15) is 5.56 Å². The number of halogens is 1. The van der Waals surface area contributed by atoms with E-state index in [-0.39, 0.29) is 6.54 Å². The van der Waals surface area contributed by atoms with Gasteiger partial charge in [-0.15, -0.1) is 5.10 Å². The predicted molar refractivity (Wildman–Crippen MR) is 91.4 cm³/mol. The first kappa shape index (κ1) is 16.7. The highest BCUT2D eigenvalue weighted by Crippen LogP contribution is 2.30. The third-order valence-electron chi connectivity index (χ3n) is 3.54. The molecule has 0 unspecified atom stereocenters. The second kappa shape index (κ2) is 7.18. The Balaban J connectivity index is 1.89. The molecule has 0 aliphatic heterocycles. The minimum absolute atomic E-state index is 0.147. The second-order valence-electron chi connectivity index (χ2n) is 5.11. The Bertz CT molecular complexity index is 885. The highest BCUT2D eigenvalue weighted by Gasteiger charge is 2.17. The zero-order valence-electron chi connectivity index (χ0n) is 13.2. The van der Waals surface area contributed by atoms with Crippen LogP contribution in [0.2, 0.25) is 5.02 Å². The van der Waals surface area contributed by atoms with E-state index in [9.17, 15) is 9.90 Å². The van der Waals surface area contributed by atoms with E-state index in [1.807, 2.05) is 24.3 Å². The van der Waals surface area contributed by atoms with Crippen molar-refractivity contribution in [2.24, 2.45) is 0 Å². The molecule has 2 aromatic carbocycles. The van der Waals surface area contributed by atoms with Crippen molar-refractivity contribution in [3.8, 4) is 11.4 Å². The zero-order chi connectivity index (χ0) is 17.8. The van der Waals surface area contributed by atoms with Crippen LogP contribution in [-0.4, -0.2) is 38.5 Å². The minimum Gasteiger partial charge on any atom is -0.495 e. The molecular weight excluding hydrogens is 346 g/mol. The maximum atomic E-state index is 11.7. The summed E-state index contributed by atoms with van der Waals surface area (Å²) in [5.41, 5.74) is 1.97. The minimum atomic E-state index is -1.09. The van der Waals surface area contributed by atoms with E-state index in [0.29, 0.717) is 16.5 Å². The monoisotopic (exact) mass is 359 g/mol. The molecule has 1 heterocycles. The van der Waals surface area contributed by atoms with Crippen LogP contribution in [-0.2, 0) is 6.54 Å². The van der Waals surface area contributed by atoms with Gasteiger partial charge in [-0.1, -0.05) is 23.7 Å². The third-order valence-corrected chi connectivity index (χ3v) is 3.84. The van der Waals surface area contributed by atoms with Crippen LogP contribution in [0.25, 0.3) is 5.69 Å². The van der Waals surface area contributed by atoms with E-state index in [1.165, 1.54) is 23.0 Å². The number of rotatable bonds is 5. The first-order chi connectivity index (χ1) is 12.1. The standard InChI is InChI=1S/C16H14ClN5O3/c1-25-15-6-5-12(8-14(15)17)21(16(23)24)9-11-3-2-4-13(7-11)22-10-18-19-20-22/h2-8,10H,9H2,1H3,(H,23,24). The van der Waals surface area contributed by atoms with E-state index in [1.54, 1.807) is 18.2 Å². The molecule has 0 bridgehead atoms. The molecule has 0 fully saturated rings.